The Morgan fingerprint density at radius 1 is 1.43 bits per heavy atom. The van der Waals surface area contributed by atoms with E-state index < -0.39 is 0 Å². The number of hydrogen-bond donors (Lipinski definition) is 2. The highest BCUT2D eigenvalue weighted by Gasteiger charge is 2.23. The lowest BCUT2D eigenvalue weighted by Crippen LogP contribution is -2.30. The highest BCUT2D eigenvalue weighted by Crippen LogP contribution is 2.32. The number of nitrogens with one attached hydrogen (secondary N) is 1. The van der Waals surface area contributed by atoms with Gasteiger partial charge in [0.05, 0.1) is 6.10 Å². The highest BCUT2D eigenvalue weighted by molar-refractivity contribution is 7.12. The molecule has 78 valence electrons. The predicted molar refractivity (Wildman–Crippen MR) is 59.6 cm³/mol. The SMILES string of the molecule is Cc1ccc(C(O)C2CCNCC2)s1. The Kier molecular flexibility index (Phi) is 3.21. The van der Waals surface area contributed by atoms with Crippen LogP contribution < -0.4 is 5.32 Å². The van der Waals surface area contributed by atoms with Crippen molar-refractivity contribution in [2.24, 2.45) is 5.92 Å². The quantitative estimate of drug-likeness (QED) is 0.785. The van der Waals surface area contributed by atoms with Crippen LogP contribution in [0.3, 0.4) is 0 Å². The van der Waals surface area contributed by atoms with Gasteiger partial charge in [0.15, 0.2) is 0 Å². The van der Waals surface area contributed by atoms with Crippen LogP contribution in [-0.2, 0) is 0 Å². The molecule has 1 unspecified atom stereocenters. The van der Waals surface area contributed by atoms with Crippen molar-refractivity contribution in [2.75, 3.05) is 13.1 Å². The van der Waals surface area contributed by atoms with Gasteiger partial charge in [-0.05, 0) is 50.9 Å². The van der Waals surface area contributed by atoms with Gasteiger partial charge >= 0.3 is 0 Å². The molecule has 14 heavy (non-hydrogen) atoms. The summed E-state index contributed by atoms with van der Waals surface area (Å²) in [6, 6.07) is 4.15. The van der Waals surface area contributed by atoms with E-state index in [0.717, 1.165) is 30.8 Å². The Morgan fingerprint density at radius 3 is 2.71 bits per heavy atom. The average molecular weight is 211 g/mol. The van der Waals surface area contributed by atoms with Gasteiger partial charge in [0.1, 0.15) is 0 Å². The van der Waals surface area contributed by atoms with Gasteiger partial charge in [0, 0.05) is 9.75 Å². The van der Waals surface area contributed by atoms with Gasteiger partial charge in [0.2, 0.25) is 0 Å². The van der Waals surface area contributed by atoms with Gasteiger partial charge in [0.25, 0.3) is 0 Å². The van der Waals surface area contributed by atoms with Crippen LogP contribution in [0.1, 0.15) is 28.7 Å². The van der Waals surface area contributed by atoms with Crippen LogP contribution in [0.2, 0.25) is 0 Å². The zero-order chi connectivity index (χ0) is 9.97. The van der Waals surface area contributed by atoms with E-state index in [1.54, 1.807) is 11.3 Å². The predicted octanol–water partition coefficient (Wildman–Crippen LogP) is 2.09. The lowest BCUT2D eigenvalue weighted by atomic mass is 9.91. The average Bonchev–Trinajstić information content (AvgIpc) is 2.65. The molecule has 0 amide bonds. The third-order valence-electron chi connectivity index (χ3n) is 2.88. The van der Waals surface area contributed by atoms with Gasteiger partial charge in [-0.25, -0.2) is 0 Å². The summed E-state index contributed by atoms with van der Waals surface area (Å²) in [6.45, 7) is 4.18. The van der Waals surface area contributed by atoms with Gasteiger partial charge < -0.3 is 10.4 Å². The van der Waals surface area contributed by atoms with Crippen LogP contribution in [-0.4, -0.2) is 18.2 Å². The molecule has 1 saturated heterocycles. The van der Waals surface area contributed by atoms with Gasteiger partial charge in [-0.2, -0.15) is 0 Å². The van der Waals surface area contributed by atoms with Crippen molar-refractivity contribution in [1.82, 2.24) is 5.32 Å². The minimum Gasteiger partial charge on any atom is -0.387 e. The number of thiophene rings is 1. The largest absolute Gasteiger partial charge is 0.387 e. The van der Waals surface area contributed by atoms with Gasteiger partial charge in [-0.1, -0.05) is 0 Å². The number of hydrogen-bond acceptors (Lipinski definition) is 3. The topological polar surface area (TPSA) is 32.3 Å². The van der Waals surface area contributed by atoms with E-state index in [1.807, 2.05) is 0 Å². The monoisotopic (exact) mass is 211 g/mol. The molecule has 2 heterocycles. The summed E-state index contributed by atoms with van der Waals surface area (Å²) in [7, 11) is 0. The minimum absolute atomic E-state index is 0.240. The molecule has 1 aromatic heterocycles. The summed E-state index contributed by atoms with van der Waals surface area (Å²) < 4.78 is 0. The van der Waals surface area contributed by atoms with E-state index >= 15 is 0 Å². The number of piperidine rings is 1. The molecule has 1 aliphatic heterocycles. The third kappa shape index (κ3) is 2.16. The second-order valence-electron chi connectivity index (χ2n) is 3.98. The summed E-state index contributed by atoms with van der Waals surface area (Å²) in [5.41, 5.74) is 0. The Hall–Kier alpha value is -0.380. The van der Waals surface area contributed by atoms with Crippen molar-refractivity contribution < 1.29 is 5.11 Å². The van der Waals surface area contributed by atoms with Crippen LogP contribution in [0.25, 0.3) is 0 Å². The molecule has 2 N–H and O–H groups in total. The van der Waals surface area contributed by atoms with Crippen LogP contribution in [0.5, 0.6) is 0 Å². The lowest BCUT2D eigenvalue weighted by molar-refractivity contribution is 0.0920. The van der Waals surface area contributed by atoms with Crippen LogP contribution in [0.15, 0.2) is 12.1 Å². The molecule has 0 spiro atoms. The molecule has 0 aliphatic carbocycles. The number of aliphatic hydroxyl groups is 1. The molecule has 1 atom stereocenters. The smallest absolute Gasteiger partial charge is 0.0911 e. The summed E-state index contributed by atoms with van der Waals surface area (Å²) in [4.78, 5) is 2.42. The molecule has 2 rings (SSSR count). The van der Waals surface area contributed by atoms with Crippen molar-refractivity contribution in [1.29, 1.82) is 0 Å². The maximum Gasteiger partial charge on any atom is 0.0911 e. The van der Waals surface area contributed by atoms with E-state index in [4.69, 9.17) is 0 Å². The Morgan fingerprint density at radius 2 is 2.14 bits per heavy atom. The second kappa shape index (κ2) is 4.43. The Labute approximate surface area is 89.0 Å². The minimum atomic E-state index is -0.240. The van der Waals surface area contributed by atoms with E-state index in [9.17, 15) is 5.11 Å². The molecule has 0 radical (unpaired) electrons. The molecule has 1 aromatic rings. The summed E-state index contributed by atoms with van der Waals surface area (Å²) in [5, 5.41) is 13.5. The Bertz CT molecular complexity index is 291. The summed E-state index contributed by atoms with van der Waals surface area (Å²) >= 11 is 1.72. The maximum absolute atomic E-state index is 10.1. The molecule has 3 heteroatoms. The Balaban J connectivity index is 2.03. The fraction of sp³-hybridized carbons (Fsp3) is 0.636. The highest BCUT2D eigenvalue weighted by atomic mass is 32.1. The van der Waals surface area contributed by atoms with Crippen molar-refractivity contribution in [2.45, 2.75) is 25.9 Å². The van der Waals surface area contributed by atoms with Crippen molar-refractivity contribution in [3.05, 3.63) is 21.9 Å². The molecule has 1 fully saturated rings. The first kappa shape index (κ1) is 10.1. The zero-order valence-corrected chi connectivity index (χ0v) is 9.31. The fourth-order valence-corrected chi connectivity index (χ4v) is 2.96. The summed E-state index contributed by atoms with van der Waals surface area (Å²) in [5.74, 6) is 0.453. The fourth-order valence-electron chi connectivity index (χ4n) is 2.00. The number of aliphatic hydroxyl groups excluding tert-OH is 1. The molecular formula is C11H17NOS. The first-order valence-corrected chi connectivity index (χ1v) is 6.04. The van der Waals surface area contributed by atoms with Gasteiger partial charge in [-0.3, -0.25) is 0 Å². The third-order valence-corrected chi connectivity index (χ3v) is 3.95. The van der Waals surface area contributed by atoms with Crippen LogP contribution in [0, 0.1) is 12.8 Å². The first-order valence-electron chi connectivity index (χ1n) is 5.22. The normalized spacial score (nSPS) is 21.0. The van der Waals surface area contributed by atoms with E-state index in [-0.39, 0.29) is 6.10 Å². The molecule has 0 aromatic carbocycles. The van der Waals surface area contributed by atoms with Crippen molar-refractivity contribution >= 4 is 11.3 Å². The molecule has 0 bridgehead atoms. The maximum atomic E-state index is 10.1. The van der Waals surface area contributed by atoms with E-state index in [1.165, 1.54) is 4.88 Å². The molecule has 1 aliphatic rings. The van der Waals surface area contributed by atoms with E-state index in [0.29, 0.717) is 5.92 Å². The van der Waals surface area contributed by atoms with Crippen LogP contribution in [0.4, 0.5) is 0 Å². The second-order valence-corrected chi connectivity index (χ2v) is 5.30. The van der Waals surface area contributed by atoms with Crippen molar-refractivity contribution in [3.63, 3.8) is 0 Å². The zero-order valence-electron chi connectivity index (χ0n) is 8.49. The molecule has 2 nitrogen and oxygen atoms in total. The van der Waals surface area contributed by atoms with Crippen molar-refractivity contribution in [3.8, 4) is 0 Å². The lowest BCUT2D eigenvalue weighted by Gasteiger charge is -2.26. The number of rotatable bonds is 2. The van der Waals surface area contributed by atoms with Crippen LogP contribution >= 0.6 is 11.3 Å². The molecule has 0 saturated carbocycles. The van der Waals surface area contributed by atoms with E-state index in [2.05, 4.69) is 24.4 Å². The first-order chi connectivity index (χ1) is 6.77. The number of aryl methyl sites for hydroxylation is 1. The van der Waals surface area contributed by atoms with Gasteiger partial charge in [-0.15, -0.1) is 11.3 Å². The standard InChI is InChI=1S/C11H17NOS/c1-8-2-3-10(14-8)11(13)9-4-6-12-7-5-9/h2-3,9,11-13H,4-7H2,1H3. The molecular weight excluding hydrogens is 194 g/mol. The summed E-state index contributed by atoms with van der Waals surface area (Å²) in [6.07, 6.45) is 1.95.